The van der Waals surface area contributed by atoms with Gasteiger partial charge in [-0.25, -0.2) is 23.1 Å². The molecule has 0 aliphatic carbocycles. The number of amides is 1. The number of pyridine rings is 1. The molecule has 2 aliphatic heterocycles. The molecule has 4 rings (SSSR count). The van der Waals surface area contributed by atoms with E-state index in [0.717, 1.165) is 18.3 Å². The van der Waals surface area contributed by atoms with Gasteiger partial charge in [0, 0.05) is 17.4 Å². The number of anilines is 1. The van der Waals surface area contributed by atoms with Crippen LogP contribution in [0.2, 0.25) is 0 Å². The third-order valence-electron chi connectivity index (χ3n) is 4.99. The van der Waals surface area contributed by atoms with Crippen molar-refractivity contribution in [2.24, 2.45) is 10.7 Å². The van der Waals surface area contributed by atoms with Crippen LogP contribution in [-0.2, 0) is 15.0 Å². The Morgan fingerprint density at radius 3 is 2.71 bits per heavy atom. The number of hydrogen-bond donors (Lipinski definition) is 2. The van der Waals surface area contributed by atoms with Crippen molar-refractivity contribution in [2.45, 2.75) is 11.2 Å². The monoisotopic (exact) mass is 453 g/mol. The first-order valence-electron chi connectivity index (χ1n) is 8.70. The van der Waals surface area contributed by atoms with E-state index in [1.165, 1.54) is 12.1 Å². The first-order valence-corrected chi connectivity index (χ1v) is 8.70. The number of ether oxygens (including phenoxy) is 2. The maximum absolute atomic E-state index is 15.5. The smallest absolute Gasteiger partial charge is 0.283 e. The molecule has 1 amide bonds. The fourth-order valence-electron chi connectivity index (χ4n) is 3.47. The number of benzene rings is 1. The molecule has 1 fully saturated rings. The van der Waals surface area contributed by atoms with Gasteiger partial charge in [-0.15, -0.1) is 12.4 Å². The molecule has 0 radical (unpaired) electrons. The standard InChI is InChI=1S/C19H14F3N5O3.ClH/c20-13-2-1-11(26-16(28)15-14(21)3-10(5-23)6-25-15)4-12(13)19-9-29-7-18(19,22)8-30-17(24)27-19;/h1-4,6H,7-9H2,(H2,24,27)(H,26,28);1H. The number of carbonyl (C=O) groups is 1. The molecule has 162 valence electrons. The third kappa shape index (κ3) is 3.64. The lowest BCUT2D eigenvalue weighted by atomic mass is 9.78. The summed E-state index contributed by atoms with van der Waals surface area (Å²) in [4.78, 5) is 20.0. The molecule has 2 unspecified atom stereocenters. The molecule has 31 heavy (non-hydrogen) atoms. The summed E-state index contributed by atoms with van der Waals surface area (Å²) < 4.78 is 54.4. The van der Waals surface area contributed by atoms with Crippen molar-refractivity contribution < 1.29 is 27.4 Å². The van der Waals surface area contributed by atoms with Gasteiger partial charge in [-0.1, -0.05) is 0 Å². The molecule has 1 saturated heterocycles. The molecule has 1 aromatic heterocycles. The van der Waals surface area contributed by atoms with Crippen LogP contribution in [0.3, 0.4) is 0 Å². The van der Waals surface area contributed by atoms with Crippen molar-refractivity contribution in [3.63, 3.8) is 0 Å². The number of nitrogens with zero attached hydrogens (tertiary/aromatic N) is 3. The summed E-state index contributed by atoms with van der Waals surface area (Å²) in [5.41, 5.74) is 0.877. The summed E-state index contributed by atoms with van der Waals surface area (Å²) in [5.74, 6) is -2.72. The highest BCUT2D eigenvalue weighted by molar-refractivity contribution is 6.03. The van der Waals surface area contributed by atoms with E-state index in [4.69, 9.17) is 20.5 Å². The van der Waals surface area contributed by atoms with E-state index >= 15 is 4.39 Å². The molecule has 2 aliphatic rings. The van der Waals surface area contributed by atoms with E-state index in [2.05, 4.69) is 15.3 Å². The average molecular weight is 454 g/mol. The van der Waals surface area contributed by atoms with Crippen LogP contribution in [-0.4, -0.2) is 42.4 Å². The lowest BCUT2D eigenvalue weighted by Gasteiger charge is -2.38. The fraction of sp³-hybridized carbons (Fsp3) is 0.263. The number of aliphatic imine (C=N–C) groups is 1. The molecule has 2 atom stereocenters. The average Bonchev–Trinajstić information content (AvgIpc) is 3.06. The molecule has 12 heteroatoms. The van der Waals surface area contributed by atoms with E-state index in [1.807, 2.05) is 0 Å². The second-order valence-electron chi connectivity index (χ2n) is 6.87. The molecule has 2 aromatic rings. The number of nitriles is 1. The second-order valence-corrected chi connectivity index (χ2v) is 6.87. The van der Waals surface area contributed by atoms with E-state index < -0.39 is 41.1 Å². The zero-order valence-electron chi connectivity index (χ0n) is 15.7. The Hall–Kier alpha value is -3.36. The number of alkyl halides is 1. The van der Waals surface area contributed by atoms with Crippen molar-refractivity contribution >= 4 is 30.0 Å². The third-order valence-corrected chi connectivity index (χ3v) is 4.99. The predicted molar refractivity (Wildman–Crippen MR) is 104 cm³/mol. The molecule has 0 bridgehead atoms. The fourth-order valence-corrected chi connectivity index (χ4v) is 3.47. The Morgan fingerprint density at radius 1 is 1.23 bits per heavy atom. The van der Waals surface area contributed by atoms with Crippen LogP contribution in [0.5, 0.6) is 0 Å². The van der Waals surface area contributed by atoms with Gasteiger partial charge in [0.2, 0.25) is 0 Å². The molecule has 3 heterocycles. The van der Waals surface area contributed by atoms with E-state index in [-0.39, 0.29) is 48.5 Å². The van der Waals surface area contributed by atoms with Crippen LogP contribution in [0, 0.1) is 23.0 Å². The Kier molecular flexibility index (Phi) is 5.80. The number of nitrogens with one attached hydrogen (secondary N) is 1. The zero-order chi connectivity index (χ0) is 21.5. The maximum Gasteiger partial charge on any atom is 0.283 e. The Morgan fingerprint density at radius 2 is 2.00 bits per heavy atom. The van der Waals surface area contributed by atoms with Crippen molar-refractivity contribution in [1.82, 2.24) is 4.98 Å². The highest BCUT2D eigenvalue weighted by Gasteiger charge is 2.62. The van der Waals surface area contributed by atoms with Crippen molar-refractivity contribution in [1.29, 1.82) is 5.26 Å². The summed E-state index contributed by atoms with van der Waals surface area (Å²) in [6.45, 7) is -1.13. The summed E-state index contributed by atoms with van der Waals surface area (Å²) in [5, 5.41) is 11.1. The topological polar surface area (TPSA) is 123 Å². The summed E-state index contributed by atoms with van der Waals surface area (Å²) in [6.07, 6.45) is 1.04. The Balaban J connectivity index is 0.00000272. The van der Waals surface area contributed by atoms with Crippen molar-refractivity contribution in [3.05, 3.63) is 58.9 Å². The van der Waals surface area contributed by atoms with Crippen LogP contribution in [0.15, 0.2) is 35.5 Å². The van der Waals surface area contributed by atoms with Gasteiger partial charge in [-0.05, 0) is 24.3 Å². The minimum absolute atomic E-state index is 0. The van der Waals surface area contributed by atoms with Crippen molar-refractivity contribution in [2.75, 3.05) is 25.1 Å². The van der Waals surface area contributed by atoms with E-state index in [0.29, 0.717) is 0 Å². The largest absolute Gasteiger partial charge is 0.462 e. The second kappa shape index (κ2) is 8.05. The molecule has 0 spiro atoms. The molecule has 1 aromatic carbocycles. The van der Waals surface area contributed by atoms with Gasteiger partial charge in [-0.2, -0.15) is 5.26 Å². The van der Waals surface area contributed by atoms with Crippen LogP contribution >= 0.6 is 12.4 Å². The van der Waals surface area contributed by atoms with E-state index in [1.54, 1.807) is 6.07 Å². The lowest BCUT2D eigenvalue weighted by molar-refractivity contribution is 0.00905. The number of rotatable bonds is 3. The van der Waals surface area contributed by atoms with Gasteiger partial charge in [0.15, 0.2) is 22.7 Å². The summed E-state index contributed by atoms with van der Waals surface area (Å²) in [7, 11) is 0. The van der Waals surface area contributed by atoms with Crippen LogP contribution < -0.4 is 11.1 Å². The number of hydrogen-bond acceptors (Lipinski definition) is 7. The van der Waals surface area contributed by atoms with Gasteiger partial charge < -0.3 is 20.5 Å². The molecule has 0 saturated carbocycles. The Bertz CT molecular complexity index is 1130. The van der Waals surface area contributed by atoms with Crippen LogP contribution in [0.1, 0.15) is 21.6 Å². The molecule has 8 nitrogen and oxygen atoms in total. The number of halogens is 4. The van der Waals surface area contributed by atoms with Gasteiger partial charge in [-0.3, -0.25) is 4.79 Å². The highest BCUT2D eigenvalue weighted by Crippen LogP contribution is 2.48. The number of amidine groups is 1. The van der Waals surface area contributed by atoms with E-state index in [9.17, 15) is 13.6 Å². The summed E-state index contributed by atoms with van der Waals surface area (Å²) in [6, 6.07) is 5.67. The van der Waals surface area contributed by atoms with Crippen LogP contribution in [0.25, 0.3) is 0 Å². The van der Waals surface area contributed by atoms with Gasteiger partial charge in [0.25, 0.3) is 11.9 Å². The minimum atomic E-state index is -2.17. The SMILES string of the molecule is Cl.N#Cc1cnc(C(=O)Nc2ccc(F)c(C34COCC3(F)COC(N)=N4)c2)c(F)c1. The lowest BCUT2D eigenvalue weighted by Crippen LogP contribution is -2.55. The number of fused-ring (bicyclic) bond motifs is 1. The summed E-state index contributed by atoms with van der Waals surface area (Å²) >= 11 is 0. The zero-order valence-corrected chi connectivity index (χ0v) is 16.5. The maximum atomic E-state index is 15.5. The quantitative estimate of drug-likeness (QED) is 0.734. The van der Waals surface area contributed by atoms with Gasteiger partial charge >= 0.3 is 0 Å². The minimum Gasteiger partial charge on any atom is -0.462 e. The number of carbonyl (C=O) groups excluding carboxylic acids is 1. The first-order chi connectivity index (χ1) is 14.3. The van der Waals surface area contributed by atoms with Gasteiger partial charge in [0.1, 0.15) is 18.5 Å². The normalized spacial score (nSPS) is 24.1. The van der Waals surface area contributed by atoms with Crippen molar-refractivity contribution in [3.8, 4) is 6.07 Å². The Labute approximate surface area is 180 Å². The van der Waals surface area contributed by atoms with Gasteiger partial charge in [0.05, 0.1) is 18.8 Å². The molecule has 3 N–H and O–H groups in total. The molecular formula is C19H15ClF3N5O3. The predicted octanol–water partition coefficient (Wildman–Crippen LogP) is 2.18. The first kappa shape index (κ1) is 22.3. The number of nitrogens with two attached hydrogens (primary N) is 1. The highest BCUT2D eigenvalue weighted by atomic mass is 35.5. The van der Waals surface area contributed by atoms with Crippen LogP contribution in [0.4, 0.5) is 18.9 Å². The number of aromatic nitrogens is 1. The molecular weight excluding hydrogens is 439 g/mol.